The largest absolute Gasteiger partial charge is 0.372 e. The number of rotatable bonds is 3. The van der Waals surface area contributed by atoms with Crippen LogP contribution in [0.4, 0.5) is 17.2 Å². The Morgan fingerprint density at radius 2 is 1.67 bits per heavy atom. The van der Waals surface area contributed by atoms with Crippen LogP contribution in [0.5, 0.6) is 0 Å². The van der Waals surface area contributed by atoms with E-state index in [1.165, 1.54) is 12.0 Å². The first-order valence-electron chi connectivity index (χ1n) is 10.8. The lowest BCUT2D eigenvalue weighted by Gasteiger charge is -2.29. The first-order chi connectivity index (χ1) is 16.0. The summed E-state index contributed by atoms with van der Waals surface area (Å²) in [7, 11) is 0. The van der Waals surface area contributed by atoms with Gasteiger partial charge in [-0.2, -0.15) is 5.26 Å². The van der Waals surface area contributed by atoms with Crippen molar-refractivity contribution in [1.82, 2.24) is 4.98 Å². The van der Waals surface area contributed by atoms with Gasteiger partial charge in [-0.1, -0.05) is 65.7 Å². The number of nitrogens with two attached hydrogens (primary N) is 1. The SMILES string of the molecule is Cc1ccccc1.Cc1ccccc1Nc1ncc(N2CCCCC2)c(C#N)c1Cl.NC=O. The Labute approximate surface area is 201 Å². The maximum atomic E-state index is 9.56. The van der Waals surface area contributed by atoms with Gasteiger partial charge >= 0.3 is 0 Å². The number of amides is 1. The molecule has 172 valence electrons. The zero-order valence-corrected chi connectivity index (χ0v) is 19.8. The number of halogens is 1. The fraction of sp³-hybridized carbons (Fsp3) is 0.269. The van der Waals surface area contributed by atoms with Gasteiger partial charge in [0.25, 0.3) is 0 Å². The second-order valence-electron chi connectivity index (χ2n) is 7.57. The van der Waals surface area contributed by atoms with E-state index in [0.29, 0.717) is 16.4 Å². The number of benzene rings is 2. The Balaban J connectivity index is 0.000000321. The Morgan fingerprint density at radius 3 is 2.21 bits per heavy atom. The zero-order chi connectivity index (χ0) is 24.1. The van der Waals surface area contributed by atoms with Crippen LogP contribution in [-0.2, 0) is 4.79 Å². The van der Waals surface area contributed by atoms with Crippen LogP contribution in [0.15, 0.2) is 60.8 Å². The molecule has 1 aromatic heterocycles. The van der Waals surface area contributed by atoms with Crippen LogP contribution >= 0.6 is 11.6 Å². The molecule has 3 N–H and O–H groups in total. The lowest BCUT2D eigenvalue weighted by atomic mass is 10.1. The normalized spacial score (nSPS) is 12.2. The molecule has 2 heterocycles. The van der Waals surface area contributed by atoms with Crippen LogP contribution in [0.1, 0.15) is 36.0 Å². The number of aromatic nitrogens is 1. The summed E-state index contributed by atoms with van der Waals surface area (Å²) in [6.07, 6.45) is 5.54. The number of nitrogens with one attached hydrogen (secondary N) is 1. The minimum Gasteiger partial charge on any atom is -0.372 e. The molecule has 1 aliphatic heterocycles. The first-order valence-corrected chi connectivity index (χ1v) is 11.2. The number of anilines is 3. The molecule has 33 heavy (non-hydrogen) atoms. The highest BCUT2D eigenvalue weighted by molar-refractivity contribution is 6.34. The van der Waals surface area contributed by atoms with E-state index < -0.39 is 0 Å². The fourth-order valence-electron chi connectivity index (χ4n) is 3.42. The number of primary amides is 1. The van der Waals surface area contributed by atoms with Crippen molar-refractivity contribution in [3.63, 3.8) is 0 Å². The summed E-state index contributed by atoms with van der Waals surface area (Å²) in [5, 5.41) is 13.2. The monoisotopic (exact) mass is 463 g/mol. The minimum absolute atomic E-state index is 0.250. The highest BCUT2D eigenvalue weighted by Gasteiger charge is 2.19. The van der Waals surface area contributed by atoms with Gasteiger partial charge in [-0.3, -0.25) is 4.79 Å². The molecule has 7 heteroatoms. The van der Waals surface area contributed by atoms with Gasteiger partial charge in [-0.15, -0.1) is 0 Å². The van der Waals surface area contributed by atoms with Crippen molar-refractivity contribution < 1.29 is 4.79 Å². The number of carbonyl (C=O) groups excluding carboxylic acids is 1. The molecular formula is C26H30ClN5O. The summed E-state index contributed by atoms with van der Waals surface area (Å²) in [6.45, 7) is 6.01. The molecular weight excluding hydrogens is 434 g/mol. The van der Waals surface area contributed by atoms with Gasteiger partial charge in [-0.25, -0.2) is 4.98 Å². The van der Waals surface area contributed by atoms with Crippen molar-refractivity contribution in [2.45, 2.75) is 33.1 Å². The van der Waals surface area contributed by atoms with E-state index >= 15 is 0 Å². The van der Waals surface area contributed by atoms with Crippen molar-refractivity contribution in [2.24, 2.45) is 5.73 Å². The lowest BCUT2D eigenvalue weighted by Crippen LogP contribution is -2.30. The number of para-hydroxylation sites is 1. The van der Waals surface area contributed by atoms with E-state index in [-0.39, 0.29) is 6.41 Å². The van der Waals surface area contributed by atoms with E-state index in [0.717, 1.165) is 42.9 Å². The third-order valence-corrected chi connectivity index (χ3v) is 5.51. The van der Waals surface area contributed by atoms with Gasteiger partial charge in [0.05, 0.1) is 17.4 Å². The molecule has 1 amide bonds. The number of aryl methyl sites for hydroxylation is 2. The highest BCUT2D eigenvalue weighted by Crippen LogP contribution is 2.34. The Morgan fingerprint density at radius 1 is 1.06 bits per heavy atom. The molecule has 1 aliphatic rings. The third-order valence-electron chi connectivity index (χ3n) is 5.15. The number of carbonyl (C=O) groups is 1. The molecule has 0 atom stereocenters. The Hall–Kier alpha value is -3.56. The molecule has 0 unspecified atom stereocenters. The standard InChI is InChI=1S/C18H19ClN4.C7H8.CH3NO/c1-13-7-3-4-8-15(13)22-18-17(19)14(11-20)16(12-21-18)23-9-5-2-6-10-23;1-7-5-3-2-4-6-7;2-1-3/h3-4,7-8,12H,2,5-6,9-10H2,1H3,(H,21,22);2-6H,1H3;1H,(H2,2,3). The minimum atomic E-state index is 0.250. The van der Waals surface area contributed by atoms with Crippen LogP contribution < -0.4 is 16.0 Å². The number of piperidine rings is 1. The van der Waals surface area contributed by atoms with Crippen molar-refractivity contribution >= 4 is 35.2 Å². The molecule has 1 fully saturated rings. The van der Waals surface area contributed by atoms with Gasteiger partial charge in [-0.05, 0) is 44.7 Å². The molecule has 3 aromatic rings. The van der Waals surface area contributed by atoms with Crippen molar-refractivity contribution in [3.05, 3.63) is 82.5 Å². The first kappa shape index (κ1) is 25.7. The average Bonchev–Trinajstić information content (AvgIpc) is 2.83. The molecule has 2 aromatic carbocycles. The number of nitriles is 1. The van der Waals surface area contributed by atoms with Crippen LogP contribution in [-0.4, -0.2) is 24.5 Å². The van der Waals surface area contributed by atoms with E-state index in [2.05, 4.69) is 46.1 Å². The van der Waals surface area contributed by atoms with Crippen LogP contribution in [0.25, 0.3) is 0 Å². The Kier molecular flexibility index (Phi) is 10.7. The molecule has 0 spiro atoms. The van der Waals surface area contributed by atoms with Gasteiger partial charge in [0, 0.05) is 18.8 Å². The van der Waals surface area contributed by atoms with E-state index in [9.17, 15) is 5.26 Å². The second kappa shape index (κ2) is 13.8. The zero-order valence-electron chi connectivity index (χ0n) is 19.1. The molecule has 0 radical (unpaired) electrons. The summed E-state index contributed by atoms with van der Waals surface area (Å²) in [6, 6.07) is 20.4. The summed E-state index contributed by atoms with van der Waals surface area (Å²) in [5.41, 5.74) is 8.87. The smallest absolute Gasteiger partial charge is 0.204 e. The molecule has 4 rings (SSSR count). The molecule has 0 aliphatic carbocycles. The fourth-order valence-corrected chi connectivity index (χ4v) is 3.66. The van der Waals surface area contributed by atoms with E-state index in [4.69, 9.17) is 16.4 Å². The van der Waals surface area contributed by atoms with Crippen molar-refractivity contribution in [2.75, 3.05) is 23.3 Å². The maximum Gasteiger partial charge on any atom is 0.204 e. The molecule has 0 saturated carbocycles. The topological polar surface area (TPSA) is 95.0 Å². The third kappa shape index (κ3) is 7.81. The molecule has 0 bridgehead atoms. The quantitative estimate of drug-likeness (QED) is 0.482. The number of nitrogens with zero attached hydrogens (tertiary/aromatic N) is 3. The summed E-state index contributed by atoms with van der Waals surface area (Å²) in [4.78, 5) is 15.3. The number of hydrogen-bond acceptors (Lipinski definition) is 5. The summed E-state index contributed by atoms with van der Waals surface area (Å²) in [5.74, 6) is 0.526. The second-order valence-corrected chi connectivity index (χ2v) is 7.95. The van der Waals surface area contributed by atoms with Gasteiger partial charge in [0.1, 0.15) is 11.1 Å². The maximum absolute atomic E-state index is 9.56. The van der Waals surface area contributed by atoms with E-state index in [1.54, 1.807) is 6.20 Å². The van der Waals surface area contributed by atoms with E-state index in [1.807, 2.05) is 49.4 Å². The number of pyridine rings is 1. The van der Waals surface area contributed by atoms with Crippen molar-refractivity contribution in [3.8, 4) is 6.07 Å². The summed E-state index contributed by atoms with van der Waals surface area (Å²) >= 11 is 6.46. The Bertz CT molecular complexity index is 1060. The van der Waals surface area contributed by atoms with Crippen LogP contribution in [0.2, 0.25) is 5.02 Å². The predicted octanol–water partition coefficient (Wildman–Crippen LogP) is 5.75. The number of hydrogen-bond donors (Lipinski definition) is 2. The van der Waals surface area contributed by atoms with Gasteiger partial charge < -0.3 is 16.0 Å². The predicted molar refractivity (Wildman–Crippen MR) is 136 cm³/mol. The van der Waals surface area contributed by atoms with Crippen molar-refractivity contribution in [1.29, 1.82) is 5.26 Å². The van der Waals surface area contributed by atoms with Crippen LogP contribution in [0.3, 0.4) is 0 Å². The lowest BCUT2D eigenvalue weighted by molar-refractivity contribution is -0.106. The highest BCUT2D eigenvalue weighted by atomic mass is 35.5. The summed E-state index contributed by atoms with van der Waals surface area (Å²) < 4.78 is 0. The molecule has 6 nitrogen and oxygen atoms in total. The van der Waals surface area contributed by atoms with Gasteiger partial charge in [0.2, 0.25) is 6.41 Å². The van der Waals surface area contributed by atoms with Crippen LogP contribution in [0, 0.1) is 25.2 Å². The molecule has 1 saturated heterocycles. The van der Waals surface area contributed by atoms with Gasteiger partial charge in [0.15, 0.2) is 5.82 Å². The average molecular weight is 464 g/mol.